The van der Waals surface area contributed by atoms with Crippen molar-refractivity contribution in [3.05, 3.63) is 0 Å². The predicted octanol–water partition coefficient (Wildman–Crippen LogP) is 7.40. The normalized spacial score (nSPS) is 39.7. The second-order valence-electron chi connectivity index (χ2n) is 16.7. The van der Waals surface area contributed by atoms with Crippen LogP contribution in [0.2, 0.25) is 39.3 Å². The minimum atomic E-state index is -1.76. The molecule has 4 aliphatic rings. The topological polar surface area (TPSA) is 73.9 Å². The Bertz CT molecular complexity index is 947. The first-order chi connectivity index (χ1) is 19.0. The number of hydrogen-bond donors (Lipinski definition) is 1. The molecule has 0 aromatic heterocycles. The molecule has 0 aliphatic heterocycles. The van der Waals surface area contributed by atoms with E-state index in [9.17, 15) is 9.59 Å². The van der Waals surface area contributed by atoms with Gasteiger partial charge in [0.1, 0.15) is 6.54 Å². The van der Waals surface area contributed by atoms with E-state index in [0.29, 0.717) is 41.8 Å². The van der Waals surface area contributed by atoms with Crippen LogP contribution in [0.5, 0.6) is 0 Å². The average molecular weight is 608 g/mol. The maximum Gasteiger partial charge on any atom is 0.325 e. The van der Waals surface area contributed by atoms with Gasteiger partial charge >= 0.3 is 5.97 Å². The van der Waals surface area contributed by atoms with E-state index in [1.807, 2.05) is 0 Å². The molecule has 0 aromatic rings. The van der Waals surface area contributed by atoms with Crippen LogP contribution in [0.1, 0.15) is 85.0 Å². The van der Waals surface area contributed by atoms with Crippen LogP contribution in [-0.2, 0) is 23.2 Å². The van der Waals surface area contributed by atoms with Crippen LogP contribution in [0, 0.1) is 46.3 Å². The molecule has 0 bridgehead atoms. The molecule has 1 amide bonds. The second kappa shape index (κ2) is 12.4. The standard InChI is InChI=1S/C33H61NO5Si2/c1-22(11-16-30(35)34-21-31(36)37-4)26-14-15-27-25-13-12-23-19-24(38-40(5,6)7)17-18-32(23,2)28(25)20-29(33(26,27)3)39-41(8,9)10/h22-29H,11-21H2,1-10H3,(H,34,35)/t22-,23-,24-,25+,26-,27+,28+,29+,32+,33-/m1/s1. The Balaban J connectivity index is 1.52. The molecule has 0 heterocycles. The molecule has 4 aliphatic carbocycles. The average Bonchev–Trinajstić information content (AvgIpc) is 3.23. The van der Waals surface area contributed by atoms with E-state index >= 15 is 0 Å². The molecule has 10 atom stereocenters. The van der Waals surface area contributed by atoms with Crippen molar-refractivity contribution >= 4 is 28.5 Å². The lowest BCUT2D eigenvalue weighted by molar-refractivity contribution is -0.169. The summed E-state index contributed by atoms with van der Waals surface area (Å²) in [5, 5.41) is 2.73. The van der Waals surface area contributed by atoms with Crippen molar-refractivity contribution in [3.8, 4) is 0 Å². The fourth-order valence-electron chi connectivity index (χ4n) is 10.2. The minimum absolute atomic E-state index is 0.0487. The second-order valence-corrected chi connectivity index (χ2v) is 25.6. The molecular weight excluding hydrogens is 547 g/mol. The number of amides is 1. The summed E-state index contributed by atoms with van der Waals surface area (Å²) >= 11 is 0. The molecular formula is C33H61NO5Si2. The summed E-state index contributed by atoms with van der Waals surface area (Å²) in [6, 6.07) is 0. The first kappa shape index (κ1) is 33.2. The van der Waals surface area contributed by atoms with Gasteiger partial charge < -0.3 is 18.9 Å². The van der Waals surface area contributed by atoms with Crippen molar-refractivity contribution in [2.75, 3.05) is 13.7 Å². The minimum Gasteiger partial charge on any atom is -0.468 e. The highest BCUT2D eigenvalue weighted by atomic mass is 28.4. The molecule has 1 N–H and O–H groups in total. The van der Waals surface area contributed by atoms with Crippen molar-refractivity contribution in [2.24, 2.45) is 46.3 Å². The fraction of sp³-hybridized carbons (Fsp3) is 0.939. The summed E-state index contributed by atoms with van der Waals surface area (Å²) in [5.74, 6) is 3.56. The van der Waals surface area contributed by atoms with Gasteiger partial charge in [0.2, 0.25) is 5.91 Å². The zero-order chi connectivity index (χ0) is 30.4. The SMILES string of the molecule is COC(=O)CNC(=O)CC[C@@H](C)[C@H]1CC[C@H]2[C@@H]3CC[C@@H]4C[C@H](O[Si](C)(C)C)CC[C@]4(C)[C@H]3C[C@H](O[Si](C)(C)C)[C@]12C. The van der Waals surface area contributed by atoms with Gasteiger partial charge in [-0.05, 0) is 143 Å². The Morgan fingerprint density at radius 3 is 2.22 bits per heavy atom. The van der Waals surface area contributed by atoms with E-state index in [0.717, 1.165) is 24.2 Å². The highest BCUT2D eigenvalue weighted by Gasteiger charge is 2.64. The summed E-state index contributed by atoms with van der Waals surface area (Å²) < 4.78 is 18.6. The van der Waals surface area contributed by atoms with E-state index in [-0.39, 0.29) is 17.9 Å². The third kappa shape index (κ3) is 7.17. The molecule has 8 heteroatoms. The predicted molar refractivity (Wildman–Crippen MR) is 170 cm³/mol. The van der Waals surface area contributed by atoms with Gasteiger partial charge in [0.15, 0.2) is 16.6 Å². The fourth-order valence-corrected chi connectivity index (χ4v) is 12.6. The number of esters is 1. The van der Waals surface area contributed by atoms with Gasteiger partial charge in [0, 0.05) is 12.5 Å². The van der Waals surface area contributed by atoms with Gasteiger partial charge in [-0.15, -0.1) is 0 Å². The lowest BCUT2D eigenvalue weighted by Gasteiger charge is -2.64. The Kier molecular flexibility index (Phi) is 10.0. The van der Waals surface area contributed by atoms with Gasteiger partial charge in [-0.2, -0.15) is 0 Å². The molecule has 6 nitrogen and oxygen atoms in total. The Labute approximate surface area is 253 Å². The molecule has 0 spiro atoms. The first-order valence-corrected chi connectivity index (χ1v) is 23.5. The quantitative estimate of drug-likeness (QED) is 0.207. The van der Waals surface area contributed by atoms with Gasteiger partial charge in [0.25, 0.3) is 0 Å². The lowest BCUT2D eigenvalue weighted by Crippen LogP contribution is -2.60. The Hall–Kier alpha value is -0.706. The zero-order valence-electron chi connectivity index (χ0n) is 27.9. The molecule has 236 valence electrons. The van der Waals surface area contributed by atoms with Crippen LogP contribution in [0.25, 0.3) is 0 Å². The molecule has 0 unspecified atom stereocenters. The van der Waals surface area contributed by atoms with Crippen LogP contribution in [0.3, 0.4) is 0 Å². The van der Waals surface area contributed by atoms with Crippen molar-refractivity contribution in [2.45, 2.75) is 136 Å². The van der Waals surface area contributed by atoms with Gasteiger partial charge in [0.05, 0.1) is 13.2 Å². The number of carbonyl (C=O) groups is 2. The molecule has 41 heavy (non-hydrogen) atoms. The number of rotatable bonds is 10. The third-order valence-electron chi connectivity index (χ3n) is 11.9. The molecule has 0 saturated heterocycles. The van der Waals surface area contributed by atoms with E-state index < -0.39 is 22.6 Å². The van der Waals surface area contributed by atoms with Crippen LogP contribution in [0.4, 0.5) is 0 Å². The molecule has 0 aromatic carbocycles. The molecule has 4 rings (SSSR count). The van der Waals surface area contributed by atoms with Gasteiger partial charge in [-0.1, -0.05) is 20.8 Å². The van der Waals surface area contributed by atoms with Crippen molar-refractivity contribution in [3.63, 3.8) is 0 Å². The smallest absolute Gasteiger partial charge is 0.325 e. The highest BCUT2D eigenvalue weighted by Crippen LogP contribution is 2.69. The number of fused-ring (bicyclic) bond motifs is 5. The van der Waals surface area contributed by atoms with Gasteiger partial charge in [-0.3, -0.25) is 9.59 Å². The maximum absolute atomic E-state index is 12.5. The number of hydrogen-bond acceptors (Lipinski definition) is 5. The van der Waals surface area contributed by atoms with Crippen LogP contribution in [0.15, 0.2) is 0 Å². The van der Waals surface area contributed by atoms with Crippen molar-refractivity contribution in [1.29, 1.82) is 0 Å². The number of nitrogens with one attached hydrogen (secondary N) is 1. The van der Waals surface area contributed by atoms with Crippen LogP contribution in [-0.4, -0.2) is 54.4 Å². The molecule has 0 radical (unpaired) electrons. The Morgan fingerprint density at radius 2 is 1.59 bits per heavy atom. The van der Waals surface area contributed by atoms with Gasteiger partial charge in [-0.25, -0.2) is 0 Å². The molecule has 4 saturated carbocycles. The van der Waals surface area contributed by atoms with Crippen LogP contribution >= 0.6 is 0 Å². The summed E-state index contributed by atoms with van der Waals surface area (Å²) in [7, 11) is -1.94. The summed E-state index contributed by atoms with van der Waals surface area (Å²) in [5.41, 5.74) is 0.552. The monoisotopic (exact) mass is 607 g/mol. The lowest BCUT2D eigenvalue weighted by atomic mass is 9.43. The van der Waals surface area contributed by atoms with E-state index in [1.54, 1.807) is 0 Å². The number of carbonyl (C=O) groups excluding carboxylic acids is 2. The summed E-state index contributed by atoms with van der Waals surface area (Å²) in [6.45, 7) is 21.6. The maximum atomic E-state index is 12.5. The van der Waals surface area contributed by atoms with E-state index in [1.165, 1.54) is 58.5 Å². The van der Waals surface area contributed by atoms with E-state index in [4.69, 9.17) is 8.85 Å². The van der Waals surface area contributed by atoms with Crippen molar-refractivity contribution in [1.82, 2.24) is 5.32 Å². The first-order valence-electron chi connectivity index (χ1n) is 16.7. The number of methoxy groups -OCH3 is 1. The molecule has 4 fully saturated rings. The summed E-state index contributed by atoms with van der Waals surface area (Å²) in [6.07, 6.45) is 12.3. The number of ether oxygens (including phenoxy) is 1. The third-order valence-corrected chi connectivity index (χ3v) is 14.0. The highest BCUT2D eigenvalue weighted by molar-refractivity contribution is 6.70. The van der Waals surface area contributed by atoms with Crippen molar-refractivity contribution < 1.29 is 23.2 Å². The largest absolute Gasteiger partial charge is 0.468 e. The zero-order valence-corrected chi connectivity index (χ0v) is 29.9. The van der Waals surface area contributed by atoms with E-state index in [2.05, 4.69) is 70.1 Å². The Morgan fingerprint density at radius 1 is 0.902 bits per heavy atom. The summed E-state index contributed by atoms with van der Waals surface area (Å²) in [4.78, 5) is 24.0. The van der Waals surface area contributed by atoms with Crippen LogP contribution < -0.4 is 5.32 Å².